The lowest BCUT2D eigenvalue weighted by atomic mass is 10.0. The minimum atomic E-state index is -4.57. The number of nitrogens with zero attached hydrogens (tertiary/aromatic N) is 4. The molecule has 2 aromatic rings. The third-order valence-corrected chi connectivity index (χ3v) is 9.30. The van der Waals surface area contributed by atoms with Crippen molar-refractivity contribution in [1.29, 1.82) is 0 Å². The Bertz CT molecular complexity index is 1390. The van der Waals surface area contributed by atoms with Gasteiger partial charge in [-0.25, -0.2) is 4.79 Å². The van der Waals surface area contributed by atoms with Gasteiger partial charge >= 0.3 is 12.2 Å². The van der Waals surface area contributed by atoms with Crippen molar-refractivity contribution in [2.24, 2.45) is 0 Å². The van der Waals surface area contributed by atoms with E-state index in [-0.39, 0.29) is 41.8 Å². The predicted octanol–water partition coefficient (Wildman–Crippen LogP) is 5.77. The van der Waals surface area contributed by atoms with Crippen molar-refractivity contribution < 1.29 is 32.7 Å². The van der Waals surface area contributed by atoms with E-state index in [1.54, 1.807) is 0 Å². The molecule has 3 aliphatic heterocycles. The van der Waals surface area contributed by atoms with Crippen LogP contribution in [0.3, 0.4) is 0 Å². The van der Waals surface area contributed by atoms with E-state index in [0.29, 0.717) is 31.2 Å². The van der Waals surface area contributed by atoms with Crippen LogP contribution in [0.25, 0.3) is 0 Å². The van der Waals surface area contributed by atoms with Crippen LogP contribution in [-0.4, -0.2) is 101 Å². The van der Waals surface area contributed by atoms with Gasteiger partial charge in [0.05, 0.1) is 10.6 Å². The fraction of sp³-hybridized carbons (Fsp3) is 0.545. The highest BCUT2D eigenvalue weighted by Gasteiger charge is 2.35. The smallest absolute Gasteiger partial charge is 0.420 e. The van der Waals surface area contributed by atoms with E-state index < -0.39 is 17.5 Å². The van der Waals surface area contributed by atoms with E-state index in [2.05, 4.69) is 30.4 Å². The SMILES string of the molecule is CN(C)C1CCN(C(=O)CCC(=O)N2CCC(N3CCc4ccccc4NC3=O)CC2)CC1.Cc1cc(Cl)c(O)c(C(F)(F)F)c1. The topological polar surface area (TPSA) is 96.4 Å². The Hall–Kier alpha value is -3.51. The highest BCUT2D eigenvalue weighted by atomic mass is 35.5. The number of amides is 4. The van der Waals surface area contributed by atoms with Crippen molar-refractivity contribution in [2.75, 3.05) is 52.1 Å². The monoisotopic (exact) mass is 665 g/mol. The van der Waals surface area contributed by atoms with Gasteiger partial charge in [0, 0.05) is 63.3 Å². The molecule has 3 aliphatic rings. The number of nitrogens with one attached hydrogen (secondary N) is 1. The third-order valence-electron chi connectivity index (χ3n) is 9.01. The Balaban J connectivity index is 0.000000310. The molecular formula is C33H43ClF3N5O4. The molecule has 0 aromatic heterocycles. The molecule has 3 heterocycles. The summed E-state index contributed by atoms with van der Waals surface area (Å²) in [5.74, 6) is -0.770. The van der Waals surface area contributed by atoms with Gasteiger partial charge in [-0.15, -0.1) is 0 Å². The first-order chi connectivity index (χ1) is 21.7. The Morgan fingerprint density at radius 1 is 0.957 bits per heavy atom. The van der Waals surface area contributed by atoms with Gasteiger partial charge in [0.2, 0.25) is 11.8 Å². The molecule has 252 valence electrons. The summed E-state index contributed by atoms with van der Waals surface area (Å²) in [6, 6.07) is 10.7. The molecule has 5 rings (SSSR count). The zero-order chi connectivity index (χ0) is 33.6. The van der Waals surface area contributed by atoms with Crippen LogP contribution < -0.4 is 5.32 Å². The molecule has 2 N–H and O–H groups in total. The van der Waals surface area contributed by atoms with Gasteiger partial charge in [0.1, 0.15) is 5.75 Å². The maximum atomic E-state index is 12.8. The molecular weight excluding hydrogens is 623 g/mol. The van der Waals surface area contributed by atoms with Gasteiger partial charge in [-0.2, -0.15) is 13.2 Å². The van der Waals surface area contributed by atoms with E-state index in [9.17, 15) is 27.6 Å². The Labute approximate surface area is 273 Å². The van der Waals surface area contributed by atoms with Crippen LogP contribution in [0.5, 0.6) is 5.75 Å². The molecule has 2 aromatic carbocycles. The standard InChI is InChI=1S/C25H37N5O3.C8H6ClF3O/c1-27(2)20-10-14-28(15-11-20)23(31)7-8-24(32)29-16-12-21(13-17-29)30-18-9-19-5-3-4-6-22(19)26-25(30)33;1-4-2-5(8(10,11)12)7(13)6(9)3-4/h3-6,20-21H,7-18H2,1-2H3,(H,26,33);2-3,13H,1H3. The minimum Gasteiger partial charge on any atom is -0.506 e. The number of aromatic hydroxyl groups is 1. The number of carbonyl (C=O) groups excluding carboxylic acids is 3. The number of halogens is 4. The maximum Gasteiger partial charge on any atom is 0.420 e. The quantitative estimate of drug-likeness (QED) is 0.423. The average Bonchev–Trinajstić information content (AvgIpc) is 3.19. The summed E-state index contributed by atoms with van der Waals surface area (Å²) in [4.78, 5) is 46.0. The van der Waals surface area contributed by atoms with E-state index in [0.717, 1.165) is 62.5 Å². The first-order valence-corrected chi connectivity index (χ1v) is 16.1. The fourth-order valence-corrected chi connectivity index (χ4v) is 6.55. The molecule has 9 nitrogen and oxygen atoms in total. The van der Waals surface area contributed by atoms with Crippen LogP contribution >= 0.6 is 11.6 Å². The second-order valence-electron chi connectivity index (χ2n) is 12.4. The number of hydrogen-bond donors (Lipinski definition) is 2. The number of para-hydroxylation sites is 1. The zero-order valence-corrected chi connectivity index (χ0v) is 27.3. The van der Waals surface area contributed by atoms with Crippen LogP contribution in [0.2, 0.25) is 5.02 Å². The number of hydrogen-bond acceptors (Lipinski definition) is 5. The molecule has 0 unspecified atom stereocenters. The number of benzene rings is 2. The molecule has 2 saturated heterocycles. The van der Waals surface area contributed by atoms with Crippen LogP contribution in [-0.2, 0) is 22.2 Å². The van der Waals surface area contributed by atoms with E-state index in [1.165, 1.54) is 13.0 Å². The fourth-order valence-electron chi connectivity index (χ4n) is 6.28. The Kier molecular flexibility index (Phi) is 11.8. The summed E-state index contributed by atoms with van der Waals surface area (Å²) in [5, 5.41) is 11.8. The number of fused-ring (bicyclic) bond motifs is 1. The summed E-state index contributed by atoms with van der Waals surface area (Å²) in [5.41, 5.74) is 1.32. The Morgan fingerprint density at radius 3 is 2.09 bits per heavy atom. The van der Waals surface area contributed by atoms with Crippen molar-refractivity contribution >= 4 is 35.1 Å². The van der Waals surface area contributed by atoms with Crippen molar-refractivity contribution in [2.45, 2.75) is 70.1 Å². The largest absolute Gasteiger partial charge is 0.506 e. The molecule has 0 aliphatic carbocycles. The first kappa shape index (κ1) is 35.3. The maximum absolute atomic E-state index is 12.8. The van der Waals surface area contributed by atoms with Crippen molar-refractivity contribution in [3.63, 3.8) is 0 Å². The molecule has 4 amide bonds. The molecule has 46 heavy (non-hydrogen) atoms. The number of carbonyl (C=O) groups is 3. The second-order valence-corrected chi connectivity index (χ2v) is 12.8. The number of phenolic OH excluding ortho intramolecular Hbond substituents is 1. The number of phenols is 1. The molecule has 0 atom stereocenters. The normalized spacial score (nSPS) is 18.0. The van der Waals surface area contributed by atoms with Crippen molar-refractivity contribution in [1.82, 2.24) is 19.6 Å². The Morgan fingerprint density at radius 2 is 1.52 bits per heavy atom. The lowest BCUT2D eigenvalue weighted by Gasteiger charge is -2.38. The second kappa shape index (κ2) is 15.4. The molecule has 13 heteroatoms. The van der Waals surface area contributed by atoms with Gasteiger partial charge in [-0.3, -0.25) is 9.59 Å². The summed E-state index contributed by atoms with van der Waals surface area (Å²) in [6.45, 7) is 5.01. The van der Waals surface area contributed by atoms with E-state index in [1.807, 2.05) is 32.9 Å². The van der Waals surface area contributed by atoms with Crippen LogP contribution in [0, 0.1) is 6.92 Å². The minimum absolute atomic E-state index is 0.0478. The van der Waals surface area contributed by atoms with Gasteiger partial charge in [-0.05, 0) is 82.4 Å². The van der Waals surface area contributed by atoms with Crippen molar-refractivity contribution in [3.05, 3.63) is 58.1 Å². The summed E-state index contributed by atoms with van der Waals surface area (Å²) < 4.78 is 36.6. The van der Waals surface area contributed by atoms with Gasteiger partial charge in [-0.1, -0.05) is 29.8 Å². The lowest BCUT2D eigenvalue weighted by molar-refractivity contribution is -0.138. The highest BCUT2D eigenvalue weighted by Crippen LogP contribution is 2.40. The number of aryl methyl sites for hydroxylation is 1. The molecule has 0 bridgehead atoms. The van der Waals surface area contributed by atoms with Crippen molar-refractivity contribution in [3.8, 4) is 5.75 Å². The average molecular weight is 666 g/mol. The van der Waals surface area contributed by atoms with Gasteiger partial charge in [0.15, 0.2) is 0 Å². The van der Waals surface area contributed by atoms with Gasteiger partial charge < -0.3 is 30.0 Å². The van der Waals surface area contributed by atoms with Crippen LogP contribution in [0.4, 0.5) is 23.7 Å². The van der Waals surface area contributed by atoms with E-state index >= 15 is 0 Å². The predicted molar refractivity (Wildman–Crippen MR) is 171 cm³/mol. The summed E-state index contributed by atoms with van der Waals surface area (Å²) >= 11 is 5.38. The van der Waals surface area contributed by atoms with Crippen LogP contribution in [0.15, 0.2) is 36.4 Å². The molecule has 0 radical (unpaired) electrons. The lowest BCUT2D eigenvalue weighted by Crippen LogP contribution is -2.50. The zero-order valence-electron chi connectivity index (χ0n) is 26.6. The summed E-state index contributed by atoms with van der Waals surface area (Å²) in [7, 11) is 4.17. The molecule has 2 fully saturated rings. The van der Waals surface area contributed by atoms with Gasteiger partial charge in [0.25, 0.3) is 0 Å². The number of likely N-dealkylation sites (tertiary alicyclic amines) is 2. The number of piperidine rings is 2. The number of rotatable bonds is 5. The van der Waals surface area contributed by atoms with Crippen LogP contribution in [0.1, 0.15) is 55.2 Å². The first-order valence-electron chi connectivity index (χ1n) is 15.7. The molecule has 0 spiro atoms. The molecule has 0 saturated carbocycles. The highest BCUT2D eigenvalue weighted by molar-refractivity contribution is 6.32. The number of anilines is 1. The number of alkyl halides is 3. The van der Waals surface area contributed by atoms with E-state index in [4.69, 9.17) is 16.7 Å². The number of urea groups is 1. The third kappa shape index (κ3) is 9.06. The summed E-state index contributed by atoms with van der Waals surface area (Å²) in [6.07, 6.45) is 0.379.